The average molecular weight is 483 g/mol. The summed E-state index contributed by atoms with van der Waals surface area (Å²) in [5.74, 6) is 1.40. The SMILES string of the molecule is CC(C)(C)OC(=O)N[C@H]1CCN([C@@H]2CCc3cc(NC(=O)[C@@H](N)C(C4CC4)C4CC4)ccc32)C1=O. The first-order chi connectivity index (χ1) is 16.6. The predicted molar refractivity (Wildman–Crippen MR) is 133 cm³/mol. The molecule has 35 heavy (non-hydrogen) atoms. The van der Waals surface area contributed by atoms with Gasteiger partial charge in [-0.2, -0.15) is 0 Å². The number of benzene rings is 1. The van der Waals surface area contributed by atoms with Crippen molar-refractivity contribution in [2.24, 2.45) is 23.5 Å². The van der Waals surface area contributed by atoms with E-state index < -0.39 is 23.8 Å². The number of anilines is 1. The second-order valence-electron chi connectivity index (χ2n) is 11.8. The molecule has 3 fully saturated rings. The smallest absolute Gasteiger partial charge is 0.408 e. The first kappa shape index (κ1) is 24.1. The summed E-state index contributed by atoms with van der Waals surface area (Å²) in [5.41, 5.74) is 8.84. The summed E-state index contributed by atoms with van der Waals surface area (Å²) in [7, 11) is 0. The topological polar surface area (TPSA) is 114 Å². The molecule has 5 rings (SSSR count). The first-order valence-electron chi connectivity index (χ1n) is 13.1. The van der Waals surface area contributed by atoms with Crippen LogP contribution in [0.4, 0.5) is 10.5 Å². The largest absolute Gasteiger partial charge is 0.444 e. The number of amides is 3. The summed E-state index contributed by atoms with van der Waals surface area (Å²) in [5, 5.41) is 5.78. The van der Waals surface area contributed by atoms with Gasteiger partial charge in [-0.1, -0.05) is 6.07 Å². The molecular formula is C27H38N4O4. The molecule has 0 spiro atoms. The first-order valence-corrected chi connectivity index (χ1v) is 13.1. The number of hydrogen-bond donors (Lipinski definition) is 3. The molecule has 1 aromatic rings. The standard InChI is InChI=1S/C27H38N4O4/c1-27(2,3)35-26(34)30-20-12-13-31(25(20)33)21-11-8-17-14-18(9-10-19(17)21)29-24(32)23(28)22(15-4-5-15)16-6-7-16/h9-10,14-16,20-23H,4-8,11-13,28H2,1-3H3,(H,29,32)(H,30,34)/t20-,21+,23-/m0/s1. The van der Waals surface area contributed by atoms with Gasteiger partial charge < -0.3 is 26.0 Å². The number of ether oxygens (including phenoxy) is 1. The second-order valence-corrected chi connectivity index (χ2v) is 11.8. The molecule has 3 amide bonds. The molecule has 1 heterocycles. The molecule has 1 aromatic carbocycles. The van der Waals surface area contributed by atoms with E-state index in [1.165, 1.54) is 25.7 Å². The van der Waals surface area contributed by atoms with E-state index in [1.807, 2.05) is 23.1 Å². The molecule has 0 unspecified atom stereocenters. The third-order valence-electron chi connectivity index (χ3n) is 7.81. The van der Waals surface area contributed by atoms with Crippen molar-refractivity contribution in [3.63, 3.8) is 0 Å². The number of fused-ring (bicyclic) bond motifs is 1. The summed E-state index contributed by atoms with van der Waals surface area (Å²) in [4.78, 5) is 40.0. The minimum Gasteiger partial charge on any atom is -0.444 e. The Kier molecular flexibility index (Phi) is 6.28. The lowest BCUT2D eigenvalue weighted by Crippen LogP contribution is -2.44. The lowest BCUT2D eigenvalue weighted by atomic mass is 9.89. The van der Waals surface area contributed by atoms with Crippen molar-refractivity contribution in [1.29, 1.82) is 0 Å². The van der Waals surface area contributed by atoms with Crippen LogP contribution < -0.4 is 16.4 Å². The van der Waals surface area contributed by atoms with Gasteiger partial charge in [-0.05, 0) is 107 Å². The Morgan fingerprint density at radius 2 is 1.77 bits per heavy atom. The van der Waals surface area contributed by atoms with E-state index in [0.29, 0.717) is 30.7 Å². The van der Waals surface area contributed by atoms with Gasteiger partial charge in [0.25, 0.3) is 0 Å². The van der Waals surface area contributed by atoms with Gasteiger partial charge in [-0.15, -0.1) is 0 Å². The molecule has 4 N–H and O–H groups in total. The number of nitrogens with one attached hydrogen (secondary N) is 2. The number of hydrogen-bond acceptors (Lipinski definition) is 5. The minimum atomic E-state index is -0.608. The van der Waals surface area contributed by atoms with Crippen molar-refractivity contribution >= 4 is 23.6 Å². The van der Waals surface area contributed by atoms with Gasteiger partial charge in [0.05, 0.1) is 12.1 Å². The van der Waals surface area contributed by atoms with Gasteiger partial charge >= 0.3 is 6.09 Å². The van der Waals surface area contributed by atoms with Gasteiger partial charge in [-0.3, -0.25) is 9.59 Å². The molecule has 2 saturated carbocycles. The van der Waals surface area contributed by atoms with Gasteiger partial charge in [0.1, 0.15) is 11.6 Å². The molecule has 1 saturated heterocycles. The summed E-state index contributed by atoms with van der Waals surface area (Å²) in [6.45, 7) is 6.00. The number of nitrogens with two attached hydrogens (primary N) is 1. The number of aryl methyl sites for hydroxylation is 1. The quantitative estimate of drug-likeness (QED) is 0.550. The Morgan fingerprint density at radius 3 is 2.40 bits per heavy atom. The zero-order valence-electron chi connectivity index (χ0n) is 21.0. The van der Waals surface area contributed by atoms with E-state index in [4.69, 9.17) is 10.5 Å². The van der Waals surface area contributed by atoms with E-state index in [0.717, 1.165) is 29.7 Å². The summed E-state index contributed by atoms with van der Waals surface area (Å²) in [6, 6.07) is 4.95. The maximum atomic E-state index is 13.1. The molecule has 8 nitrogen and oxygen atoms in total. The third kappa shape index (κ3) is 5.32. The van der Waals surface area contributed by atoms with Crippen LogP contribution in [0.15, 0.2) is 18.2 Å². The van der Waals surface area contributed by atoms with E-state index in [-0.39, 0.29) is 17.9 Å². The third-order valence-corrected chi connectivity index (χ3v) is 7.81. The zero-order chi connectivity index (χ0) is 24.9. The molecule has 0 bridgehead atoms. The molecule has 190 valence electrons. The Bertz CT molecular complexity index is 999. The number of likely N-dealkylation sites (tertiary alicyclic amines) is 1. The maximum absolute atomic E-state index is 13.1. The van der Waals surface area contributed by atoms with Crippen LogP contribution in [0.25, 0.3) is 0 Å². The Hall–Kier alpha value is -2.61. The van der Waals surface area contributed by atoms with Gasteiger partial charge in [-0.25, -0.2) is 4.79 Å². The van der Waals surface area contributed by atoms with Crippen molar-refractivity contribution < 1.29 is 19.1 Å². The van der Waals surface area contributed by atoms with Crippen molar-refractivity contribution in [1.82, 2.24) is 10.2 Å². The van der Waals surface area contributed by atoms with Crippen LogP contribution >= 0.6 is 0 Å². The lowest BCUT2D eigenvalue weighted by molar-refractivity contribution is -0.131. The molecule has 4 aliphatic rings. The number of nitrogens with zero attached hydrogens (tertiary/aromatic N) is 1. The molecule has 3 atom stereocenters. The summed E-state index contributed by atoms with van der Waals surface area (Å²) >= 11 is 0. The normalized spacial score (nSPS) is 24.9. The fraction of sp³-hybridized carbons (Fsp3) is 0.667. The highest BCUT2D eigenvalue weighted by molar-refractivity contribution is 5.95. The maximum Gasteiger partial charge on any atom is 0.408 e. The molecule has 8 heteroatoms. The monoisotopic (exact) mass is 482 g/mol. The lowest BCUT2D eigenvalue weighted by Gasteiger charge is -2.26. The summed E-state index contributed by atoms with van der Waals surface area (Å²) < 4.78 is 5.31. The minimum absolute atomic E-state index is 0.0101. The predicted octanol–water partition coefficient (Wildman–Crippen LogP) is 3.50. The van der Waals surface area contributed by atoms with Crippen LogP contribution in [0, 0.1) is 17.8 Å². The van der Waals surface area contributed by atoms with E-state index in [9.17, 15) is 14.4 Å². The van der Waals surface area contributed by atoms with Crippen LogP contribution in [-0.2, 0) is 20.7 Å². The highest BCUT2D eigenvalue weighted by Gasteiger charge is 2.46. The molecule has 3 aliphatic carbocycles. The molecule has 0 aromatic heterocycles. The molecular weight excluding hydrogens is 444 g/mol. The van der Waals surface area contributed by atoms with Crippen LogP contribution in [0.2, 0.25) is 0 Å². The second kappa shape index (κ2) is 9.12. The van der Waals surface area contributed by atoms with Crippen LogP contribution in [0.5, 0.6) is 0 Å². The fourth-order valence-corrected chi connectivity index (χ4v) is 5.93. The van der Waals surface area contributed by atoms with Gasteiger partial charge in [0, 0.05) is 12.2 Å². The number of alkyl carbamates (subject to hydrolysis) is 1. The van der Waals surface area contributed by atoms with Crippen LogP contribution in [0.3, 0.4) is 0 Å². The van der Waals surface area contributed by atoms with E-state index in [1.54, 1.807) is 20.8 Å². The Morgan fingerprint density at radius 1 is 1.09 bits per heavy atom. The van der Waals surface area contributed by atoms with Crippen molar-refractivity contribution in [2.75, 3.05) is 11.9 Å². The van der Waals surface area contributed by atoms with Gasteiger partial charge in [0.2, 0.25) is 11.8 Å². The van der Waals surface area contributed by atoms with Crippen molar-refractivity contribution in [3.8, 4) is 0 Å². The highest BCUT2D eigenvalue weighted by Crippen LogP contribution is 2.50. The number of carbonyl (C=O) groups excluding carboxylic acids is 3. The Balaban J connectivity index is 1.20. The average Bonchev–Trinajstić information content (AvgIpc) is 3.71. The Labute approximate surface area is 207 Å². The van der Waals surface area contributed by atoms with Crippen LogP contribution in [-0.4, -0.2) is 47.0 Å². The van der Waals surface area contributed by atoms with Crippen LogP contribution in [0.1, 0.15) is 76.5 Å². The molecule has 1 aliphatic heterocycles. The fourth-order valence-electron chi connectivity index (χ4n) is 5.93. The number of rotatable bonds is 7. The zero-order valence-corrected chi connectivity index (χ0v) is 21.0. The molecule has 0 radical (unpaired) electrons. The summed E-state index contributed by atoms with van der Waals surface area (Å²) in [6.07, 6.45) is 6.49. The highest BCUT2D eigenvalue weighted by atomic mass is 16.6. The van der Waals surface area contributed by atoms with Crippen molar-refractivity contribution in [2.45, 2.75) is 89.4 Å². The number of carbonyl (C=O) groups is 3. The van der Waals surface area contributed by atoms with Crippen molar-refractivity contribution in [3.05, 3.63) is 29.3 Å². The van der Waals surface area contributed by atoms with E-state index in [2.05, 4.69) is 10.6 Å². The van der Waals surface area contributed by atoms with Gasteiger partial charge in [0.15, 0.2) is 0 Å². The van der Waals surface area contributed by atoms with E-state index >= 15 is 0 Å².